The smallest absolute Gasteiger partial charge is 0.0480 e. The zero-order chi connectivity index (χ0) is 10.7. The highest BCUT2D eigenvalue weighted by molar-refractivity contribution is 5.85. The summed E-state index contributed by atoms with van der Waals surface area (Å²) in [5.41, 5.74) is 1.32. The van der Waals surface area contributed by atoms with Crippen molar-refractivity contribution in [3.63, 3.8) is 0 Å². The second-order valence-electron chi connectivity index (χ2n) is 3.99. The quantitative estimate of drug-likeness (QED) is 0.867. The zero-order valence-electron chi connectivity index (χ0n) is 9.81. The van der Waals surface area contributed by atoms with Gasteiger partial charge < -0.3 is 9.88 Å². The monoisotopic (exact) mass is 238 g/mol. The van der Waals surface area contributed by atoms with E-state index in [9.17, 15) is 0 Å². The lowest BCUT2D eigenvalue weighted by atomic mass is 10.2. The van der Waals surface area contributed by atoms with Crippen LogP contribution in [0.15, 0.2) is 36.5 Å². The molecule has 1 aromatic carbocycles. The number of aromatic nitrogens is 1. The van der Waals surface area contributed by atoms with Gasteiger partial charge in [-0.15, -0.1) is 12.4 Å². The maximum Gasteiger partial charge on any atom is 0.0480 e. The summed E-state index contributed by atoms with van der Waals surface area (Å²) >= 11 is 0. The van der Waals surface area contributed by atoms with Gasteiger partial charge in [-0.05, 0) is 31.0 Å². The van der Waals surface area contributed by atoms with Crippen molar-refractivity contribution in [3.8, 4) is 0 Å². The first-order chi connectivity index (χ1) is 7.31. The van der Waals surface area contributed by atoms with Crippen molar-refractivity contribution in [2.75, 3.05) is 6.54 Å². The molecule has 0 spiro atoms. The Morgan fingerprint density at radius 3 is 2.75 bits per heavy atom. The first-order valence-electron chi connectivity index (χ1n) is 5.58. The third-order valence-corrected chi connectivity index (χ3v) is 2.70. The minimum atomic E-state index is 0. The lowest BCUT2D eigenvalue weighted by Gasteiger charge is -2.14. The Labute approximate surface area is 103 Å². The van der Waals surface area contributed by atoms with Crippen LogP contribution in [-0.2, 0) is 6.54 Å². The number of likely N-dealkylation sites (N-methyl/N-ethyl adjacent to an activating group) is 1. The number of hydrogen-bond acceptors (Lipinski definition) is 1. The summed E-state index contributed by atoms with van der Waals surface area (Å²) in [5.74, 6) is 0. The Balaban J connectivity index is 0.00000128. The van der Waals surface area contributed by atoms with Gasteiger partial charge in [-0.2, -0.15) is 0 Å². The van der Waals surface area contributed by atoms with E-state index in [1.807, 2.05) is 0 Å². The largest absolute Gasteiger partial charge is 0.346 e. The van der Waals surface area contributed by atoms with Gasteiger partial charge in [0.2, 0.25) is 0 Å². The molecule has 0 aliphatic rings. The average Bonchev–Trinajstić information content (AvgIpc) is 2.62. The Hall–Kier alpha value is -0.990. The van der Waals surface area contributed by atoms with Crippen molar-refractivity contribution in [1.29, 1.82) is 0 Å². The molecule has 16 heavy (non-hydrogen) atoms. The van der Waals surface area contributed by atoms with Gasteiger partial charge in [0.1, 0.15) is 0 Å². The van der Waals surface area contributed by atoms with E-state index in [-0.39, 0.29) is 12.4 Å². The molecule has 0 aliphatic carbocycles. The lowest BCUT2D eigenvalue weighted by molar-refractivity contribution is 0.497. The number of halogens is 1. The maximum absolute atomic E-state index is 3.43. The number of rotatable bonds is 4. The van der Waals surface area contributed by atoms with Crippen molar-refractivity contribution in [3.05, 3.63) is 36.5 Å². The minimum Gasteiger partial charge on any atom is -0.346 e. The normalized spacial score (nSPS) is 12.4. The average molecular weight is 239 g/mol. The second-order valence-corrected chi connectivity index (χ2v) is 3.99. The lowest BCUT2D eigenvalue weighted by Crippen LogP contribution is -2.29. The van der Waals surface area contributed by atoms with Crippen LogP contribution < -0.4 is 5.32 Å². The highest BCUT2D eigenvalue weighted by Crippen LogP contribution is 2.15. The Morgan fingerprint density at radius 2 is 2.00 bits per heavy atom. The van der Waals surface area contributed by atoms with Gasteiger partial charge in [-0.1, -0.05) is 25.1 Å². The molecule has 88 valence electrons. The molecule has 0 amide bonds. The first-order valence-corrected chi connectivity index (χ1v) is 5.58. The van der Waals surface area contributed by atoms with Crippen molar-refractivity contribution < 1.29 is 0 Å². The van der Waals surface area contributed by atoms with Gasteiger partial charge in [-0.3, -0.25) is 0 Å². The summed E-state index contributed by atoms with van der Waals surface area (Å²) < 4.78 is 2.31. The summed E-state index contributed by atoms with van der Waals surface area (Å²) in [6.07, 6.45) is 2.17. The number of nitrogens with one attached hydrogen (secondary N) is 1. The molecule has 2 nitrogen and oxygen atoms in total. The van der Waals surface area contributed by atoms with Gasteiger partial charge in [0, 0.05) is 24.3 Å². The van der Waals surface area contributed by atoms with E-state index < -0.39 is 0 Å². The van der Waals surface area contributed by atoms with Crippen LogP contribution in [0.4, 0.5) is 0 Å². The third kappa shape index (κ3) is 2.77. The molecular formula is C13H19ClN2. The molecule has 0 bridgehead atoms. The van der Waals surface area contributed by atoms with Crippen LogP contribution in [0.25, 0.3) is 10.9 Å². The van der Waals surface area contributed by atoms with Gasteiger partial charge in [0.15, 0.2) is 0 Å². The van der Waals surface area contributed by atoms with Gasteiger partial charge in [0.05, 0.1) is 0 Å². The van der Waals surface area contributed by atoms with Crippen LogP contribution >= 0.6 is 12.4 Å². The summed E-state index contributed by atoms with van der Waals surface area (Å²) in [7, 11) is 0. The van der Waals surface area contributed by atoms with Gasteiger partial charge in [-0.25, -0.2) is 0 Å². The molecule has 3 heteroatoms. The van der Waals surface area contributed by atoms with E-state index in [0.717, 1.165) is 13.1 Å². The van der Waals surface area contributed by atoms with E-state index in [1.54, 1.807) is 0 Å². The maximum atomic E-state index is 3.43. The van der Waals surface area contributed by atoms with Gasteiger partial charge in [0.25, 0.3) is 0 Å². The molecule has 0 saturated carbocycles. The van der Waals surface area contributed by atoms with Gasteiger partial charge >= 0.3 is 0 Å². The van der Waals surface area contributed by atoms with Crippen LogP contribution in [0.5, 0.6) is 0 Å². The minimum absolute atomic E-state index is 0. The van der Waals surface area contributed by atoms with E-state index in [0.29, 0.717) is 6.04 Å². The Bertz CT molecular complexity index is 436. The fourth-order valence-corrected chi connectivity index (χ4v) is 2.01. The molecule has 0 radical (unpaired) electrons. The van der Waals surface area contributed by atoms with Crippen LogP contribution in [0.1, 0.15) is 13.8 Å². The first kappa shape index (κ1) is 13.1. The van der Waals surface area contributed by atoms with E-state index in [4.69, 9.17) is 0 Å². The van der Waals surface area contributed by atoms with Crippen LogP contribution in [0.3, 0.4) is 0 Å². The second kappa shape index (κ2) is 5.92. The molecular weight excluding hydrogens is 220 g/mol. The summed E-state index contributed by atoms with van der Waals surface area (Å²) in [4.78, 5) is 0. The fourth-order valence-electron chi connectivity index (χ4n) is 2.01. The molecule has 1 unspecified atom stereocenters. The van der Waals surface area contributed by atoms with Crippen LogP contribution in [-0.4, -0.2) is 17.2 Å². The van der Waals surface area contributed by atoms with Crippen molar-refractivity contribution in [2.45, 2.75) is 26.4 Å². The number of fused-ring (bicyclic) bond motifs is 1. The highest BCUT2D eigenvalue weighted by atomic mass is 35.5. The van der Waals surface area contributed by atoms with E-state index >= 15 is 0 Å². The summed E-state index contributed by atoms with van der Waals surface area (Å²) in [5, 5.41) is 4.75. The topological polar surface area (TPSA) is 17.0 Å². The summed E-state index contributed by atoms with van der Waals surface area (Å²) in [6.45, 7) is 6.42. The number of benzene rings is 1. The molecule has 0 saturated heterocycles. The van der Waals surface area contributed by atoms with E-state index in [2.05, 4.69) is 60.3 Å². The van der Waals surface area contributed by atoms with Crippen LogP contribution in [0.2, 0.25) is 0 Å². The molecule has 1 atom stereocenters. The number of hydrogen-bond donors (Lipinski definition) is 1. The standard InChI is InChI=1S/C13H18N2.ClH/c1-3-14-11(2)10-15-9-8-12-6-4-5-7-13(12)15;/h4-9,11,14H,3,10H2,1-2H3;1H. The number of para-hydroxylation sites is 1. The predicted molar refractivity (Wildman–Crippen MR) is 72.3 cm³/mol. The molecule has 1 heterocycles. The zero-order valence-corrected chi connectivity index (χ0v) is 10.6. The third-order valence-electron chi connectivity index (χ3n) is 2.70. The molecule has 0 fully saturated rings. The highest BCUT2D eigenvalue weighted by Gasteiger charge is 2.03. The summed E-state index contributed by atoms with van der Waals surface area (Å²) in [6, 6.07) is 11.2. The van der Waals surface area contributed by atoms with Crippen molar-refractivity contribution in [1.82, 2.24) is 9.88 Å². The van der Waals surface area contributed by atoms with Crippen molar-refractivity contribution >= 4 is 23.3 Å². The molecule has 2 rings (SSSR count). The Kier molecular flexibility index (Phi) is 4.84. The molecule has 1 aromatic heterocycles. The number of nitrogens with zero attached hydrogens (tertiary/aromatic N) is 1. The van der Waals surface area contributed by atoms with E-state index in [1.165, 1.54) is 10.9 Å². The Morgan fingerprint density at radius 1 is 1.25 bits per heavy atom. The van der Waals surface area contributed by atoms with Crippen LogP contribution in [0, 0.1) is 0 Å². The predicted octanol–water partition coefficient (Wildman–Crippen LogP) is 3.06. The molecule has 2 aromatic rings. The fraction of sp³-hybridized carbons (Fsp3) is 0.385. The van der Waals surface area contributed by atoms with Crippen molar-refractivity contribution in [2.24, 2.45) is 0 Å². The molecule has 0 aliphatic heterocycles. The SMILES string of the molecule is CCNC(C)Cn1ccc2ccccc21.Cl. The molecule has 1 N–H and O–H groups in total.